The molecule has 116 valence electrons. The van der Waals surface area contributed by atoms with Crippen molar-refractivity contribution in [3.05, 3.63) is 15.6 Å². The molecule has 1 saturated carbocycles. The van der Waals surface area contributed by atoms with E-state index in [1.54, 1.807) is 0 Å². The lowest BCUT2D eigenvalue weighted by molar-refractivity contribution is -0.142. The first-order valence-corrected chi connectivity index (χ1v) is 8.03. The minimum Gasteiger partial charge on any atom is -0.481 e. The fraction of sp³-hybridized carbons (Fsp3) is 0.667. The molecule has 2 N–H and O–H groups in total. The normalized spacial score (nSPS) is 22.3. The van der Waals surface area contributed by atoms with E-state index in [0.717, 1.165) is 17.8 Å². The summed E-state index contributed by atoms with van der Waals surface area (Å²) in [6, 6.07) is -0.269. The molecule has 5 nitrogen and oxygen atoms in total. The molecule has 1 heterocycles. The third-order valence-electron chi connectivity index (χ3n) is 3.79. The standard InChI is InChI=1S/C15H22N2O3S/c1-8-11(21-14(16-8)15(2,3)4)12(18)17-10-7-5-6-9(10)13(19)20/h9-10H,5-7H2,1-4H3,(H,17,18)(H,19,20)/t9-,10+/m0/s1. The van der Waals surface area contributed by atoms with Crippen LogP contribution in [0.5, 0.6) is 0 Å². The number of rotatable bonds is 3. The van der Waals surface area contributed by atoms with Gasteiger partial charge in [0.15, 0.2) is 0 Å². The minimum absolute atomic E-state index is 0.0923. The highest BCUT2D eigenvalue weighted by Crippen LogP contribution is 2.30. The van der Waals surface area contributed by atoms with E-state index in [1.807, 2.05) is 6.92 Å². The Morgan fingerprint density at radius 2 is 2.00 bits per heavy atom. The number of hydrogen-bond donors (Lipinski definition) is 2. The van der Waals surface area contributed by atoms with E-state index in [-0.39, 0.29) is 17.4 Å². The topological polar surface area (TPSA) is 79.3 Å². The molecule has 0 unspecified atom stereocenters. The Bertz CT molecular complexity index is 560. The highest BCUT2D eigenvalue weighted by atomic mass is 32.1. The van der Waals surface area contributed by atoms with Crippen LogP contribution >= 0.6 is 11.3 Å². The van der Waals surface area contributed by atoms with Gasteiger partial charge in [0.2, 0.25) is 0 Å². The van der Waals surface area contributed by atoms with Gasteiger partial charge in [-0.15, -0.1) is 11.3 Å². The highest BCUT2D eigenvalue weighted by Gasteiger charge is 2.34. The Morgan fingerprint density at radius 1 is 1.33 bits per heavy atom. The van der Waals surface area contributed by atoms with E-state index in [9.17, 15) is 14.7 Å². The molecule has 1 amide bonds. The van der Waals surface area contributed by atoms with Crippen LogP contribution in [0.2, 0.25) is 0 Å². The number of carbonyl (C=O) groups excluding carboxylic acids is 1. The highest BCUT2D eigenvalue weighted by molar-refractivity contribution is 7.14. The largest absolute Gasteiger partial charge is 0.481 e. The summed E-state index contributed by atoms with van der Waals surface area (Å²) in [5.41, 5.74) is 0.623. The van der Waals surface area contributed by atoms with Gasteiger partial charge in [-0.2, -0.15) is 0 Å². The van der Waals surface area contributed by atoms with Gasteiger partial charge in [-0.25, -0.2) is 4.98 Å². The molecule has 0 radical (unpaired) electrons. The van der Waals surface area contributed by atoms with Gasteiger partial charge >= 0.3 is 5.97 Å². The van der Waals surface area contributed by atoms with Gasteiger partial charge in [-0.3, -0.25) is 9.59 Å². The van der Waals surface area contributed by atoms with Crippen molar-refractivity contribution in [3.63, 3.8) is 0 Å². The van der Waals surface area contributed by atoms with E-state index in [2.05, 4.69) is 31.1 Å². The molecule has 21 heavy (non-hydrogen) atoms. The fourth-order valence-electron chi connectivity index (χ4n) is 2.59. The number of carbonyl (C=O) groups is 2. The molecule has 6 heteroatoms. The number of nitrogens with zero attached hydrogens (tertiary/aromatic N) is 1. The predicted octanol–water partition coefficient (Wildman–Crippen LogP) is 2.73. The Hall–Kier alpha value is -1.43. The number of amides is 1. The molecule has 1 aliphatic rings. The number of hydrogen-bond acceptors (Lipinski definition) is 4. The van der Waals surface area contributed by atoms with E-state index in [0.29, 0.717) is 17.0 Å². The second-order valence-corrected chi connectivity index (χ2v) is 7.64. The average Bonchev–Trinajstić information content (AvgIpc) is 2.94. The van der Waals surface area contributed by atoms with Crippen LogP contribution in [-0.4, -0.2) is 28.0 Å². The summed E-state index contributed by atoms with van der Waals surface area (Å²) >= 11 is 1.40. The molecule has 0 aromatic carbocycles. The molecule has 0 bridgehead atoms. The SMILES string of the molecule is Cc1nc(C(C)(C)C)sc1C(=O)N[C@@H]1CCC[C@@H]1C(=O)O. The van der Waals surface area contributed by atoms with Crippen molar-refractivity contribution in [2.75, 3.05) is 0 Å². The number of thiazole rings is 1. The van der Waals surface area contributed by atoms with Crippen LogP contribution in [0, 0.1) is 12.8 Å². The molecule has 1 fully saturated rings. The molecule has 0 spiro atoms. The van der Waals surface area contributed by atoms with E-state index in [1.165, 1.54) is 11.3 Å². The fourth-order valence-corrected chi connectivity index (χ4v) is 3.62. The third kappa shape index (κ3) is 3.43. The van der Waals surface area contributed by atoms with Crippen molar-refractivity contribution in [2.24, 2.45) is 5.92 Å². The van der Waals surface area contributed by atoms with Crippen molar-refractivity contribution >= 4 is 23.2 Å². The number of aliphatic carboxylic acids is 1. The average molecular weight is 310 g/mol. The second-order valence-electron chi connectivity index (χ2n) is 6.64. The van der Waals surface area contributed by atoms with Gasteiger partial charge in [0, 0.05) is 11.5 Å². The van der Waals surface area contributed by atoms with Gasteiger partial charge in [0.05, 0.1) is 16.6 Å². The van der Waals surface area contributed by atoms with Crippen molar-refractivity contribution in [1.29, 1.82) is 0 Å². The van der Waals surface area contributed by atoms with Crippen molar-refractivity contribution < 1.29 is 14.7 Å². The number of aromatic nitrogens is 1. The Morgan fingerprint density at radius 3 is 2.52 bits per heavy atom. The zero-order valence-electron chi connectivity index (χ0n) is 12.9. The monoisotopic (exact) mass is 310 g/mol. The zero-order valence-corrected chi connectivity index (χ0v) is 13.7. The van der Waals surface area contributed by atoms with Crippen molar-refractivity contribution in [3.8, 4) is 0 Å². The molecule has 1 aromatic heterocycles. The van der Waals surface area contributed by atoms with Crippen molar-refractivity contribution in [1.82, 2.24) is 10.3 Å². The first-order chi connectivity index (χ1) is 9.70. The molecular weight excluding hydrogens is 288 g/mol. The summed E-state index contributed by atoms with van der Waals surface area (Å²) in [6.07, 6.45) is 2.21. The molecule has 2 rings (SSSR count). The molecule has 1 aliphatic carbocycles. The molecule has 0 aliphatic heterocycles. The van der Waals surface area contributed by atoms with E-state index in [4.69, 9.17) is 0 Å². The maximum atomic E-state index is 12.4. The first kappa shape index (κ1) is 15.9. The van der Waals surface area contributed by atoms with Crippen LogP contribution in [0.4, 0.5) is 0 Å². The van der Waals surface area contributed by atoms with E-state index < -0.39 is 11.9 Å². The number of nitrogens with one attached hydrogen (secondary N) is 1. The lowest BCUT2D eigenvalue weighted by Crippen LogP contribution is -2.40. The van der Waals surface area contributed by atoms with Gasteiger partial charge in [-0.05, 0) is 19.8 Å². The van der Waals surface area contributed by atoms with Gasteiger partial charge < -0.3 is 10.4 Å². The lowest BCUT2D eigenvalue weighted by Gasteiger charge is -2.17. The van der Waals surface area contributed by atoms with Crippen LogP contribution in [-0.2, 0) is 10.2 Å². The Balaban J connectivity index is 2.14. The molecule has 2 atom stereocenters. The van der Waals surface area contributed by atoms with Gasteiger partial charge in [0.1, 0.15) is 4.88 Å². The maximum Gasteiger partial charge on any atom is 0.308 e. The lowest BCUT2D eigenvalue weighted by atomic mass is 9.98. The molecule has 0 saturated heterocycles. The molecular formula is C15H22N2O3S. The Labute approximate surface area is 128 Å². The van der Waals surface area contributed by atoms with E-state index >= 15 is 0 Å². The summed E-state index contributed by atoms with van der Waals surface area (Å²) < 4.78 is 0. The molecule has 1 aromatic rings. The van der Waals surface area contributed by atoms with Crippen LogP contribution in [0.15, 0.2) is 0 Å². The first-order valence-electron chi connectivity index (χ1n) is 7.21. The summed E-state index contributed by atoms with van der Waals surface area (Å²) in [4.78, 5) is 28.6. The number of carboxylic acid groups (broad SMARTS) is 1. The van der Waals surface area contributed by atoms with Crippen molar-refractivity contribution in [2.45, 2.75) is 58.4 Å². The Kier molecular flexibility index (Phi) is 4.37. The number of carboxylic acids is 1. The quantitative estimate of drug-likeness (QED) is 0.899. The van der Waals surface area contributed by atoms with Gasteiger partial charge in [0.25, 0.3) is 5.91 Å². The predicted molar refractivity (Wildman–Crippen MR) is 81.8 cm³/mol. The second kappa shape index (κ2) is 5.75. The summed E-state index contributed by atoms with van der Waals surface area (Å²) in [6.45, 7) is 8.00. The number of aryl methyl sites for hydroxylation is 1. The minimum atomic E-state index is -0.825. The third-order valence-corrected chi connectivity index (χ3v) is 5.38. The summed E-state index contributed by atoms with van der Waals surface area (Å²) in [7, 11) is 0. The smallest absolute Gasteiger partial charge is 0.308 e. The summed E-state index contributed by atoms with van der Waals surface area (Å²) in [5.74, 6) is -1.49. The summed E-state index contributed by atoms with van der Waals surface area (Å²) in [5, 5.41) is 13.0. The van der Waals surface area contributed by atoms with Crippen LogP contribution < -0.4 is 5.32 Å². The van der Waals surface area contributed by atoms with Crippen LogP contribution in [0.25, 0.3) is 0 Å². The maximum absolute atomic E-state index is 12.4. The van der Waals surface area contributed by atoms with Crippen LogP contribution in [0.3, 0.4) is 0 Å². The van der Waals surface area contributed by atoms with Gasteiger partial charge in [-0.1, -0.05) is 27.2 Å². The van der Waals surface area contributed by atoms with Crippen LogP contribution in [0.1, 0.15) is 60.4 Å². The zero-order chi connectivity index (χ0) is 15.8.